The van der Waals surface area contributed by atoms with E-state index in [0.717, 1.165) is 6.21 Å². The van der Waals surface area contributed by atoms with E-state index in [1.165, 1.54) is 0 Å². The van der Waals surface area contributed by atoms with Crippen LogP contribution in [0.1, 0.15) is 5.56 Å². The normalized spacial score (nSPS) is 10.6. The fourth-order valence-electron chi connectivity index (χ4n) is 0.732. The zero-order valence-electron chi connectivity index (χ0n) is 6.77. The van der Waals surface area contributed by atoms with Crippen molar-refractivity contribution in [3.05, 3.63) is 20.7 Å². The molecule has 0 bridgehead atoms. The standard InChI is InChI=1S/C6H6N4O3S/c7-5(13)8-1-2-3(11)9-6(14)10-4(2)12/h1H,(H2,7,13)(H3,9,10,11,12,14)/b8-1+. The third-order valence-corrected chi connectivity index (χ3v) is 1.48. The Balaban J connectivity index is 3.29. The zero-order valence-corrected chi connectivity index (χ0v) is 7.59. The molecule has 0 aromatic carbocycles. The van der Waals surface area contributed by atoms with Gasteiger partial charge in [0.05, 0.1) is 6.21 Å². The number of H-pyrrole nitrogens is 2. The van der Waals surface area contributed by atoms with Crippen molar-refractivity contribution >= 4 is 24.5 Å². The molecule has 0 aliphatic heterocycles. The second-order valence-corrected chi connectivity index (χ2v) is 2.68. The number of aromatic nitrogens is 2. The minimum atomic E-state index is -0.966. The molecular formula is C6H6N4O3S. The smallest absolute Gasteiger partial charge is 0.338 e. The van der Waals surface area contributed by atoms with Gasteiger partial charge in [0.1, 0.15) is 5.56 Å². The lowest BCUT2D eigenvalue weighted by Crippen LogP contribution is -2.15. The molecule has 2 amide bonds. The van der Waals surface area contributed by atoms with Crippen LogP contribution in [0.25, 0.3) is 0 Å². The molecule has 0 aliphatic carbocycles. The van der Waals surface area contributed by atoms with Crippen LogP contribution < -0.4 is 11.3 Å². The molecular weight excluding hydrogens is 208 g/mol. The van der Waals surface area contributed by atoms with Crippen LogP contribution >= 0.6 is 12.2 Å². The topological polar surface area (TPSA) is 124 Å². The summed E-state index contributed by atoms with van der Waals surface area (Å²) >= 11 is 4.58. The van der Waals surface area contributed by atoms with Crippen LogP contribution in [0.3, 0.4) is 0 Å². The molecule has 1 aromatic rings. The van der Waals surface area contributed by atoms with E-state index >= 15 is 0 Å². The molecule has 1 rings (SSSR count). The Labute approximate surface area is 82.3 Å². The maximum Gasteiger partial charge on any atom is 0.338 e. The average molecular weight is 214 g/mol. The molecule has 0 spiro atoms. The number of amides is 2. The molecule has 5 N–H and O–H groups in total. The molecule has 1 heterocycles. The Hall–Kier alpha value is -1.96. The third kappa shape index (κ3) is 2.26. The molecule has 0 atom stereocenters. The van der Waals surface area contributed by atoms with E-state index in [9.17, 15) is 14.7 Å². The van der Waals surface area contributed by atoms with Gasteiger partial charge in [-0.3, -0.25) is 9.78 Å². The summed E-state index contributed by atoms with van der Waals surface area (Å²) in [4.78, 5) is 29.0. The minimum Gasteiger partial charge on any atom is -0.494 e. The number of urea groups is 1. The Morgan fingerprint density at radius 2 is 2.21 bits per heavy atom. The Morgan fingerprint density at radius 3 is 2.71 bits per heavy atom. The second-order valence-electron chi connectivity index (χ2n) is 2.27. The number of hydrogen-bond acceptors (Lipinski definition) is 4. The summed E-state index contributed by atoms with van der Waals surface area (Å²) in [6.45, 7) is 0. The van der Waals surface area contributed by atoms with Gasteiger partial charge in [-0.05, 0) is 12.2 Å². The number of nitrogens with zero attached hydrogens (tertiary/aromatic N) is 1. The van der Waals surface area contributed by atoms with Crippen LogP contribution in [0.5, 0.6) is 5.88 Å². The highest BCUT2D eigenvalue weighted by molar-refractivity contribution is 7.71. The van der Waals surface area contributed by atoms with Crippen LogP contribution in [-0.2, 0) is 0 Å². The summed E-state index contributed by atoms with van der Waals surface area (Å²) in [6.07, 6.45) is 0.849. The minimum absolute atomic E-state index is 0.0243. The molecule has 0 fully saturated rings. The molecule has 0 radical (unpaired) electrons. The van der Waals surface area contributed by atoms with Crippen molar-refractivity contribution < 1.29 is 9.90 Å². The number of carbonyl (C=O) groups excluding carboxylic acids is 1. The molecule has 7 nitrogen and oxygen atoms in total. The number of rotatable bonds is 1. The maximum absolute atomic E-state index is 11.1. The van der Waals surface area contributed by atoms with Crippen LogP contribution in [0, 0.1) is 4.77 Å². The lowest BCUT2D eigenvalue weighted by molar-refractivity contribution is 0.257. The van der Waals surface area contributed by atoms with Gasteiger partial charge in [0, 0.05) is 0 Å². The monoisotopic (exact) mass is 214 g/mol. The van der Waals surface area contributed by atoms with Gasteiger partial charge in [-0.2, -0.15) is 0 Å². The SMILES string of the molecule is NC(=O)/N=C/c1c(O)[nH]c(=S)[nH]c1=O. The zero-order chi connectivity index (χ0) is 10.7. The van der Waals surface area contributed by atoms with E-state index in [1.807, 2.05) is 0 Å². The molecule has 8 heteroatoms. The Kier molecular flexibility index (Phi) is 2.77. The summed E-state index contributed by atoms with van der Waals surface area (Å²) in [5.74, 6) is -0.469. The lowest BCUT2D eigenvalue weighted by Gasteiger charge is -1.95. The average Bonchev–Trinajstić information content (AvgIpc) is 2.01. The number of aromatic amines is 2. The van der Waals surface area contributed by atoms with Gasteiger partial charge in [-0.25, -0.2) is 9.79 Å². The summed E-state index contributed by atoms with van der Waals surface area (Å²) in [6, 6.07) is -0.966. The van der Waals surface area contributed by atoms with Gasteiger partial charge in [-0.15, -0.1) is 0 Å². The third-order valence-electron chi connectivity index (χ3n) is 1.28. The van der Waals surface area contributed by atoms with E-state index in [0.29, 0.717) is 0 Å². The summed E-state index contributed by atoms with van der Waals surface area (Å²) < 4.78 is -0.0243. The van der Waals surface area contributed by atoms with Crippen LogP contribution in [0.15, 0.2) is 9.79 Å². The molecule has 14 heavy (non-hydrogen) atoms. The molecule has 1 aromatic heterocycles. The molecule has 0 aliphatic rings. The summed E-state index contributed by atoms with van der Waals surface area (Å²) in [5.41, 5.74) is 3.84. The number of aliphatic imine (C=N–C) groups is 1. The first kappa shape index (κ1) is 10.1. The largest absolute Gasteiger partial charge is 0.494 e. The van der Waals surface area contributed by atoms with Crippen molar-refractivity contribution in [3.8, 4) is 5.88 Å². The second kappa shape index (κ2) is 3.83. The fourth-order valence-corrected chi connectivity index (χ4v) is 0.921. The Bertz CT molecular complexity index is 501. The van der Waals surface area contributed by atoms with Gasteiger partial charge in [0.15, 0.2) is 4.77 Å². The van der Waals surface area contributed by atoms with Gasteiger partial charge >= 0.3 is 6.03 Å². The lowest BCUT2D eigenvalue weighted by atomic mass is 10.3. The fraction of sp³-hybridized carbons (Fsp3) is 0. The first-order valence-electron chi connectivity index (χ1n) is 3.40. The van der Waals surface area contributed by atoms with E-state index in [-0.39, 0.29) is 10.3 Å². The van der Waals surface area contributed by atoms with Crippen molar-refractivity contribution in [1.29, 1.82) is 0 Å². The van der Waals surface area contributed by atoms with E-state index in [1.54, 1.807) is 0 Å². The van der Waals surface area contributed by atoms with Crippen molar-refractivity contribution in [2.45, 2.75) is 0 Å². The van der Waals surface area contributed by atoms with Crippen molar-refractivity contribution in [2.24, 2.45) is 10.7 Å². The quantitative estimate of drug-likeness (QED) is 0.376. The van der Waals surface area contributed by atoms with Crippen molar-refractivity contribution in [3.63, 3.8) is 0 Å². The summed E-state index contributed by atoms with van der Waals surface area (Å²) in [7, 11) is 0. The predicted molar refractivity (Wildman–Crippen MR) is 51.1 cm³/mol. The first-order chi connectivity index (χ1) is 6.50. The van der Waals surface area contributed by atoms with Crippen molar-refractivity contribution in [2.75, 3.05) is 0 Å². The van der Waals surface area contributed by atoms with Crippen LogP contribution in [0.4, 0.5) is 4.79 Å². The number of carbonyl (C=O) groups is 1. The molecule has 0 saturated carbocycles. The predicted octanol–water partition coefficient (Wildman–Crippen LogP) is -0.364. The van der Waals surface area contributed by atoms with Gasteiger partial charge < -0.3 is 15.8 Å². The van der Waals surface area contributed by atoms with Gasteiger partial charge in [0.2, 0.25) is 5.88 Å². The van der Waals surface area contributed by atoms with E-state index < -0.39 is 17.5 Å². The molecule has 74 valence electrons. The summed E-state index contributed by atoms with van der Waals surface area (Å²) in [5, 5.41) is 9.20. The maximum atomic E-state index is 11.1. The van der Waals surface area contributed by atoms with Gasteiger partial charge in [-0.1, -0.05) is 0 Å². The number of nitrogens with one attached hydrogen (secondary N) is 2. The molecule has 0 saturated heterocycles. The first-order valence-corrected chi connectivity index (χ1v) is 3.80. The highest BCUT2D eigenvalue weighted by atomic mass is 32.1. The Morgan fingerprint density at radius 1 is 1.57 bits per heavy atom. The number of nitrogens with two attached hydrogens (primary N) is 1. The van der Waals surface area contributed by atoms with E-state index in [2.05, 4.69) is 27.2 Å². The van der Waals surface area contributed by atoms with Gasteiger partial charge in [0.25, 0.3) is 5.56 Å². The number of primary amides is 1. The van der Waals surface area contributed by atoms with Crippen LogP contribution in [0.2, 0.25) is 0 Å². The molecule has 0 unspecified atom stereocenters. The highest BCUT2D eigenvalue weighted by Gasteiger charge is 2.04. The highest BCUT2D eigenvalue weighted by Crippen LogP contribution is 2.03. The van der Waals surface area contributed by atoms with Crippen LogP contribution in [-0.4, -0.2) is 27.3 Å². The van der Waals surface area contributed by atoms with Crippen molar-refractivity contribution in [1.82, 2.24) is 9.97 Å². The van der Waals surface area contributed by atoms with E-state index in [4.69, 9.17) is 5.73 Å². The number of aromatic hydroxyl groups is 1. The number of hydrogen-bond donors (Lipinski definition) is 4.